The molecule has 4 aliphatic rings. The summed E-state index contributed by atoms with van der Waals surface area (Å²) in [4.78, 5) is 22.3. The third-order valence-electron chi connectivity index (χ3n) is 7.13. The molecule has 0 radical (unpaired) electrons. The number of nitrogens with zero attached hydrogens (tertiary/aromatic N) is 5. The number of nitrogens with one attached hydrogen (secondary N) is 1. The van der Waals surface area contributed by atoms with Crippen LogP contribution < -0.4 is 15.4 Å². The minimum Gasteiger partial charge on any atom is -0.328 e. The maximum absolute atomic E-state index is 13.8. The number of aliphatic imine (C=N–C) groups is 1. The molecule has 11 heteroatoms. The first-order chi connectivity index (χ1) is 17.2. The van der Waals surface area contributed by atoms with E-state index in [1.165, 1.54) is 6.07 Å². The average Bonchev–Trinajstić information content (AvgIpc) is 3.73. The molecule has 10 nitrogen and oxygen atoms in total. The van der Waals surface area contributed by atoms with E-state index in [-0.39, 0.29) is 36.0 Å². The van der Waals surface area contributed by atoms with Crippen LogP contribution in [0.3, 0.4) is 0 Å². The van der Waals surface area contributed by atoms with Gasteiger partial charge in [0.2, 0.25) is 16.0 Å². The summed E-state index contributed by atoms with van der Waals surface area (Å²) in [5.41, 5.74) is 7.42. The smallest absolute Gasteiger partial charge is 0.263 e. The quantitative estimate of drug-likeness (QED) is 0.566. The minimum absolute atomic E-state index is 0.0691. The van der Waals surface area contributed by atoms with E-state index >= 15 is 0 Å². The predicted molar refractivity (Wildman–Crippen MR) is 135 cm³/mol. The van der Waals surface area contributed by atoms with E-state index in [1.807, 2.05) is 25.1 Å². The monoisotopic (exact) mass is 507 g/mol. The molecule has 6 rings (SSSR count). The third-order valence-corrected chi connectivity index (χ3v) is 8.76. The van der Waals surface area contributed by atoms with Crippen molar-refractivity contribution in [1.82, 2.24) is 19.4 Å². The molecule has 36 heavy (non-hydrogen) atoms. The van der Waals surface area contributed by atoms with Crippen molar-refractivity contribution in [3.63, 3.8) is 0 Å². The van der Waals surface area contributed by atoms with Gasteiger partial charge in [-0.2, -0.15) is 5.10 Å². The van der Waals surface area contributed by atoms with Crippen molar-refractivity contribution < 1.29 is 13.2 Å². The molecule has 0 unspecified atom stereocenters. The van der Waals surface area contributed by atoms with Crippen molar-refractivity contribution in [3.8, 4) is 11.8 Å². The summed E-state index contributed by atoms with van der Waals surface area (Å²) in [6.07, 6.45) is 7.32. The second-order valence-corrected chi connectivity index (χ2v) is 12.1. The number of carbonyl (C=O) groups excluding carboxylic acids is 1. The highest BCUT2D eigenvalue weighted by Gasteiger charge is 2.46. The molecule has 0 saturated heterocycles. The highest BCUT2D eigenvalue weighted by atomic mass is 32.2. The SMILES string of the molecule is Cn1cc(CN2C(=O)c3cc(S(=O)(=O)NC4(C)CC4)ccc3N3C2=N[C@@H](CN)[C@H]3C#CC2CC2)cn1. The number of hydrogen-bond donors (Lipinski definition) is 2. The summed E-state index contributed by atoms with van der Waals surface area (Å²) in [5.74, 6) is 7.27. The van der Waals surface area contributed by atoms with E-state index in [0.717, 1.165) is 31.2 Å². The maximum Gasteiger partial charge on any atom is 0.263 e. The van der Waals surface area contributed by atoms with Gasteiger partial charge in [-0.25, -0.2) is 18.1 Å². The van der Waals surface area contributed by atoms with Crippen LogP contribution in [0.15, 0.2) is 40.5 Å². The van der Waals surface area contributed by atoms with E-state index in [9.17, 15) is 13.2 Å². The molecule has 1 aromatic carbocycles. The number of amides is 1. The minimum atomic E-state index is -3.78. The molecule has 2 aromatic rings. The van der Waals surface area contributed by atoms with Gasteiger partial charge in [-0.05, 0) is 50.8 Å². The number of guanidine groups is 1. The van der Waals surface area contributed by atoms with Crippen molar-refractivity contribution in [1.29, 1.82) is 0 Å². The molecule has 1 aromatic heterocycles. The number of benzene rings is 1. The molecule has 3 N–H and O–H groups in total. The number of nitrogens with two attached hydrogens (primary N) is 1. The molecule has 0 spiro atoms. The summed E-state index contributed by atoms with van der Waals surface area (Å²) in [6, 6.07) is 4.08. The number of rotatable bonds is 6. The molecule has 3 heterocycles. The Morgan fingerprint density at radius 2 is 2.03 bits per heavy atom. The summed E-state index contributed by atoms with van der Waals surface area (Å²) in [5, 5.41) is 4.22. The van der Waals surface area contributed by atoms with E-state index in [1.54, 1.807) is 27.9 Å². The van der Waals surface area contributed by atoms with Crippen LogP contribution in [-0.2, 0) is 23.6 Å². The Labute approximate surface area is 210 Å². The number of aromatic nitrogens is 2. The Morgan fingerprint density at radius 3 is 2.67 bits per heavy atom. The number of carbonyl (C=O) groups is 1. The summed E-state index contributed by atoms with van der Waals surface area (Å²) in [7, 11) is -1.97. The third kappa shape index (κ3) is 4.09. The first-order valence-corrected chi connectivity index (χ1v) is 13.7. The normalized spacial score (nSPS) is 24.1. The van der Waals surface area contributed by atoms with Crippen LogP contribution in [0.2, 0.25) is 0 Å². The van der Waals surface area contributed by atoms with Crippen LogP contribution in [0.4, 0.5) is 5.69 Å². The van der Waals surface area contributed by atoms with Crippen LogP contribution in [0.5, 0.6) is 0 Å². The van der Waals surface area contributed by atoms with Crippen LogP contribution in [0.1, 0.15) is 48.5 Å². The van der Waals surface area contributed by atoms with Gasteiger partial charge >= 0.3 is 0 Å². The molecule has 1 amide bonds. The fourth-order valence-electron chi connectivity index (χ4n) is 4.66. The molecule has 2 fully saturated rings. The van der Waals surface area contributed by atoms with Gasteiger partial charge in [0.25, 0.3) is 5.91 Å². The van der Waals surface area contributed by atoms with Gasteiger partial charge in [-0.1, -0.05) is 11.8 Å². The maximum atomic E-state index is 13.8. The van der Waals surface area contributed by atoms with Crippen LogP contribution in [-0.4, -0.2) is 59.1 Å². The zero-order valence-corrected chi connectivity index (χ0v) is 21.1. The van der Waals surface area contributed by atoms with E-state index in [0.29, 0.717) is 23.1 Å². The van der Waals surface area contributed by atoms with Gasteiger partial charge in [0, 0.05) is 36.8 Å². The van der Waals surface area contributed by atoms with Crippen LogP contribution >= 0.6 is 0 Å². The van der Waals surface area contributed by atoms with E-state index in [2.05, 4.69) is 21.7 Å². The molecule has 188 valence electrons. The largest absolute Gasteiger partial charge is 0.328 e. The molecule has 2 atom stereocenters. The lowest BCUT2D eigenvalue weighted by atomic mass is 10.0. The van der Waals surface area contributed by atoms with Crippen molar-refractivity contribution in [2.24, 2.45) is 23.7 Å². The standard InChI is InChI=1S/C25H29N7O3S/c1-25(9-10-25)29-36(34,35)18-6-8-21-19(11-18)23(33)31(15-17-13-27-30(2)14-17)24-28-20(12-26)22(32(21)24)7-5-16-3-4-16/h6,8,11,13-14,16,20,22,29H,3-4,9-10,12,15,26H2,1-2H3/t20-,22+/m0/s1. The van der Waals surface area contributed by atoms with Gasteiger partial charge in [0.15, 0.2) is 0 Å². The molecule has 0 bridgehead atoms. The van der Waals surface area contributed by atoms with Crippen molar-refractivity contribution in [2.75, 3.05) is 11.4 Å². The number of anilines is 1. The zero-order valence-electron chi connectivity index (χ0n) is 20.3. The van der Waals surface area contributed by atoms with Crippen molar-refractivity contribution in [2.45, 2.75) is 61.7 Å². The second-order valence-electron chi connectivity index (χ2n) is 10.4. The first-order valence-electron chi connectivity index (χ1n) is 12.2. The molecule has 2 saturated carbocycles. The van der Waals surface area contributed by atoms with Crippen molar-refractivity contribution >= 4 is 27.6 Å². The Kier molecular flexibility index (Phi) is 5.26. The number of fused-ring (bicyclic) bond motifs is 3. The Balaban J connectivity index is 1.44. The van der Waals surface area contributed by atoms with Gasteiger partial charge in [0.1, 0.15) is 6.04 Å². The number of hydrogen-bond acceptors (Lipinski definition) is 7. The van der Waals surface area contributed by atoms with E-state index in [4.69, 9.17) is 10.7 Å². The molecule has 2 aliphatic carbocycles. The van der Waals surface area contributed by atoms with Crippen LogP contribution in [0, 0.1) is 17.8 Å². The van der Waals surface area contributed by atoms with E-state index < -0.39 is 15.6 Å². The highest BCUT2D eigenvalue weighted by molar-refractivity contribution is 7.89. The average molecular weight is 508 g/mol. The number of sulfonamides is 1. The summed E-state index contributed by atoms with van der Waals surface area (Å²) < 4.78 is 30.7. The molecule has 2 aliphatic heterocycles. The van der Waals surface area contributed by atoms with Gasteiger partial charge in [-0.3, -0.25) is 19.3 Å². The Bertz CT molecular complexity index is 1440. The van der Waals surface area contributed by atoms with Gasteiger partial charge in [-0.15, -0.1) is 0 Å². The lowest BCUT2D eigenvalue weighted by Gasteiger charge is -2.37. The fraction of sp³-hybridized carbons (Fsp3) is 0.480. The predicted octanol–water partition coefficient (Wildman–Crippen LogP) is 1.19. The summed E-state index contributed by atoms with van der Waals surface area (Å²) >= 11 is 0. The Hall–Kier alpha value is -3.20. The zero-order chi connectivity index (χ0) is 25.2. The molecular formula is C25H29N7O3S. The summed E-state index contributed by atoms with van der Waals surface area (Å²) in [6.45, 7) is 2.41. The molecular weight excluding hydrogens is 478 g/mol. The highest BCUT2D eigenvalue weighted by Crippen LogP contribution is 2.39. The second kappa shape index (κ2) is 8.16. The lowest BCUT2D eigenvalue weighted by Crippen LogP contribution is -2.53. The Morgan fingerprint density at radius 1 is 1.25 bits per heavy atom. The topological polar surface area (TPSA) is 126 Å². The fourth-order valence-corrected chi connectivity index (χ4v) is 6.15. The van der Waals surface area contributed by atoms with Crippen LogP contribution in [0.25, 0.3) is 0 Å². The number of aryl methyl sites for hydroxylation is 1. The van der Waals surface area contributed by atoms with Gasteiger partial charge in [0.05, 0.1) is 34.9 Å². The van der Waals surface area contributed by atoms with Crippen molar-refractivity contribution in [3.05, 3.63) is 41.7 Å². The first kappa shape index (κ1) is 23.2. The van der Waals surface area contributed by atoms with Gasteiger partial charge < -0.3 is 5.73 Å². The lowest BCUT2D eigenvalue weighted by molar-refractivity contribution is 0.0833.